The summed E-state index contributed by atoms with van der Waals surface area (Å²) in [6.45, 7) is 3.14. The minimum absolute atomic E-state index is 0.218. The molecule has 4 nitrogen and oxygen atoms in total. The van der Waals surface area contributed by atoms with Crippen molar-refractivity contribution in [1.29, 1.82) is 0 Å². The number of benzene rings is 1. The molecule has 0 radical (unpaired) electrons. The first-order valence-corrected chi connectivity index (χ1v) is 7.69. The van der Waals surface area contributed by atoms with Gasteiger partial charge in [0, 0.05) is 23.8 Å². The maximum absolute atomic E-state index is 12.2. The van der Waals surface area contributed by atoms with Crippen LogP contribution in [-0.2, 0) is 6.54 Å². The lowest BCUT2D eigenvalue weighted by molar-refractivity contribution is 0.0951. The molecule has 0 fully saturated rings. The summed E-state index contributed by atoms with van der Waals surface area (Å²) in [5.74, 6) is 0.417. The predicted molar refractivity (Wildman–Crippen MR) is 88.7 cm³/mol. The Kier molecular flexibility index (Phi) is 5.59. The molecule has 21 heavy (non-hydrogen) atoms. The van der Waals surface area contributed by atoms with Crippen molar-refractivity contribution >= 4 is 39.3 Å². The summed E-state index contributed by atoms with van der Waals surface area (Å²) < 4.78 is 1.00. The van der Waals surface area contributed by atoms with Crippen LogP contribution in [0.1, 0.15) is 22.8 Å². The quantitative estimate of drug-likeness (QED) is 0.842. The molecule has 110 valence electrons. The highest BCUT2D eigenvalue weighted by molar-refractivity contribution is 9.10. The zero-order chi connectivity index (χ0) is 15.2. The first-order chi connectivity index (χ1) is 10.1. The second-order valence-electron chi connectivity index (χ2n) is 4.39. The van der Waals surface area contributed by atoms with E-state index >= 15 is 0 Å². The van der Waals surface area contributed by atoms with Crippen molar-refractivity contribution in [1.82, 2.24) is 10.3 Å². The molecule has 0 unspecified atom stereocenters. The fourth-order valence-corrected chi connectivity index (χ4v) is 2.22. The zero-order valence-corrected chi connectivity index (χ0v) is 13.8. The van der Waals surface area contributed by atoms with Crippen LogP contribution < -0.4 is 10.6 Å². The Morgan fingerprint density at radius 3 is 2.71 bits per heavy atom. The van der Waals surface area contributed by atoms with Crippen LogP contribution in [0.2, 0.25) is 5.02 Å². The highest BCUT2D eigenvalue weighted by atomic mass is 79.9. The molecule has 1 heterocycles. The molecule has 2 rings (SSSR count). The highest BCUT2D eigenvalue weighted by Crippen LogP contribution is 2.18. The molecule has 2 N–H and O–H groups in total. The molecule has 0 aliphatic carbocycles. The average Bonchev–Trinajstić information content (AvgIpc) is 2.48. The van der Waals surface area contributed by atoms with Gasteiger partial charge in [0.1, 0.15) is 5.82 Å². The van der Waals surface area contributed by atoms with E-state index in [-0.39, 0.29) is 5.91 Å². The van der Waals surface area contributed by atoms with E-state index in [1.165, 1.54) is 6.20 Å². The van der Waals surface area contributed by atoms with Gasteiger partial charge >= 0.3 is 0 Å². The minimum atomic E-state index is -0.218. The summed E-state index contributed by atoms with van der Waals surface area (Å²) >= 11 is 9.41. The van der Waals surface area contributed by atoms with Gasteiger partial charge < -0.3 is 10.6 Å². The molecular weight excluding hydrogens is 354 g/mol. The van der Waals surface area contributed by atoms with Gasteiger partial charge in [-0.05, 0) is 30.7 Å². The minimum Gasteiger partial charge on any atom is -0.370 e. The Balaban J connectivity index is 2.05. The number of hydrogen-bond acceptors (Lipinski definition) is 3. The Morgan fingerprint density at radius 1 is 1.33 bits per heavy atom. The summed E-state index contributed by atoms with van der Waals surface area (Å²) in [4.78, 5) is 16.3. The van der Waals surface area contributed by atoms with Gasteiger partial charge in [-0.2, -0.15) is 0 Å². The molecule has 0 aliphatic heterocycles. The summed E-state index contributed by atoms with van der Waals surface area (Å²) in [6.07, 6.45) is 1.48. The van der Waals surface area contributed by atoms with E-state index in [0.717, 1.165) is 16.6 Å². The second kappa shape index (κ2) is 7.43. The second-order valence-corrected chi connectivity index (χ2v) is 5.71. The van der Waals surface area contributed by atoms with Crippen LogP contribution in [0, 0.1) is 0 Å². The third-order valence-corrected chi connectivity index (χ3v) is 3.65. The van der Waals surface area contributed by atoms with Crippen molar-refractivity contribution in [3.05, 3.63) is 57.2 Å². The van der Waals surface area contributed by atoms with Gasteiger partial charge in [-0.1, -0.05) is 39.7 Å². The number of halogens is 2. The molecule has 1 aromatic heterocycles. The average molecular weight is 369 g/mol. The Bertz CT molecular complexity index is 631. The lowest BCUT2D eigenvalue weighted by atomic mass is 10.2. The van der Waals surface area contributed by atoms with E-state index < -0.39 is 0 Å². The largest absolute Gasteiger partial charge is 0.370 e. The standard InChI is InChI=1S/C15H15BrClN3O/c1-2-18-14-7-12(13(17)9-19-14)15(21)20-8-10-3-5-11(16)6-4-10/h3-7,9H,2,8H2,1H3,(H,18,19)(H,20,21). The SMILES string of the molecule is CCNc1cc(C(=O)NCc2ccc(Br)cc2)c(Cl)cn1. The van der Waals surface area contributed by atoms with Gasteiger partial charge in [-0.25, -0.2) is 4.98 Å². The maximum Gasteiger partial charge on any atom is 0.253 e. The van der Waals surface area contributed by atoms with E-state index in [9.17, 15) is 4.79 Å². The predicted octanol–water partition coefficient (Wildman–Crippen LogP) is 3.86. The fourth-order valence-electron chi connectivity index (χ4n) is 1.77. The topological polar surface area (TPSA) is 54.0 Å². The van der Waals surface area contributed by atoms with Crippen LogP contribution in [0.5, 0.6) is 0 Å². The van der Waals surface area contributed by atoms with Gasteiger partial charge in [0.2, 0.25) is 0 Å². The van der Waals surface area contributed by atoms with Crippen molar-refractivity contribution in [3.63, 3.8) is 0 Å². The monoisotopic (exact) mass is 367 g/mol. The van der Waals surface area contributed by atoms with Crippen LogP contribution in [0.3, 0.4) is 0 Å². The van der Waals surface area contributed by atoms with Crippen molar-refractivity contribution in [2.24, 2.45) is 0 Å². The number of amides is 1. The van der Waals surface area contributed by atoms with Crippen LogP contribution in [0.15, 0.2) is 41.0 Å². The molecule has 0 atom stereocenters. The van der Waals surface area contributed by atoms with E-state index in [1.807, 2.05) is 31.2 Å². The van der Waals surface area contributed by atoms with Crippen LogP contribution in [0.4, 0.5) is 5.82 Å². The van der Waals surface area contributed by atoms with Crippen LogP contribution in [-0.4, -0.2) is 17.4 Å². The number of rotatable bonds is 5. The van der Waals surface area contributed by atoms with E-state index in [0.29, 0.717) is 22.9 Å². The zero-order valence-electron chi connectivity index (χ0n) is 11.5. The number of pyridine rings is 1. The number of hydrogen-bond donors (Lipinski definition) is 2. The van der Waals surface area contributed by atoms with Gasteiger partial charge in [0.25, 0.3) is 5.91 Å². The van der Waals surface area contributed by atoms with Crippen molar-refractivity contribution in [3.8, 4) is 0 Å². The van der Waals surface area contributed by atoms with Gasteiger partial charge in [-0.3, -0.25) is 4.79 Å². The van der Waals surface area contributed by atoms with Gasteiger partial charge in [0.15, 0.2) is 0 Å². The number of anilines is 1. The molecule has 1 aromatic carbocycles. The molecule has 1 amide bonds. The Hall–Kier alpha value is -1.59. The van der Waals surface area contributed by atoms with Crippen LogP contribution in [0.25, 0.3) is 0 Å². The van der Waals surface area contributed by atoms with E-state index in [1.54, 1.807) is 6.07 Å². The molecule has 0 spiro atoms. The summed E-state index contributed by atoms with van der Waals surface area (Å²) in [7, 11) is 0. The first-order valence-electron chi connectivity index (χ1n) is 6.52. The molecule has 0 saturated carbocycles. The maximum atomic E-state index is 12.2. The van der Waals surface area contributed by atoms with E-state index in [4.69, 9.17) is 11.6 Å². The molecule has 0 saturated heterocycles. The third kappa shape index (κ3) is 4.44. The number of carbonyl (C=O) groups is 1. The van der Waals surface area contributed by atoms with Gasteiger partial charge in [0.05, 0.1) is 10.6 Å². The van der Waals surface area contributed by atoms with E-state index in [2.05, 4.69) is 31.5 Å². The lowest BCUT2D eigenvalue weighted by Gasteiger charge is -2.09. The molecule has 0 aliphatic rings. The molecule has 6 heteroatoms. The number of aromatic nitrogens is 1. The fraction of sp³-hybridized carbons (Fsp3) is 0.200. The van der Waals surface area contributed by atoms with Crippen molar-refractivity contribution in [2.75, 3.05) is 11.9 Å². The number of carbonyl (C=O) groups excluding carboxylic acids is 1. The molecular formula is C15H15BrClN3O. The third-order valence-electron chi connectivity index (χ3n) is 2.82. The Morgan fingerprint density at radius 2 is 2.05 bits per heavy atom. The normalized spacial score (nSPS) is 10.2. The summed E-state index contributed by atoms with van der Waals surface area (Å²) in [5, 5.41) is 6.24. The first kappa shape index (κ1) is 15.8. The highest BCUT2D eigenvalue weighted by Gasteiger charge is 2.11. The Labute approximate surface area is 137 Å². The number of nitrogens with one attached hydrogen (secondary N) is 2. The molecule has 0 bridgehead atoms. The summed E-state index contributed by atoms with van der Waals surface area (Å²) in [6, 6.07) is 9.42. The number of nitrogens with zero attached hydrogens (tertiary/aromatic N) is 1. The van der Waals surface area contributed by atoms with Gasteiger partial charge in [-0.15, -0.1) is 0 Å². The van der Waals surface area contributed by atoms with Crippen molar-refractivity contribution in [2.45, 2.75) is 13.5 Å². The lowest BCUT2D eigenvalue weighted by Crippen LogP contribution is -2.23. The summed E-state index contributed by atoms with van der Waals surface area (Å²) in [5.41, 5.74) is 1.43. The molecule has 2 aromatic rings. The smallest absolute Gasteiger partial charge is 0.253 e. The van der Waals surface area contributed by atoms with Crippen molar-refractivity contribution < 1.29 is 4.79 Å². The van der Waals surface area contributed by atoms with Crippen LogP contribution >= 0.6 is 27.5 Å².